The van der Waals surface area contributed by atoms with Gasteiger partial charge >= 0.3 is 5.97 Å². The topological polar surface area (TPSA) is 65.9 Å². The monoisotopic (exact) mass is 543 g/mol. The van der Waals surface area contributed by atoms with Gasteiger partial charge in [0.2, 0.25) is 0 Å². The number of hydrogen-bond donors (Lipinski definition) is 1. The van der Waals surface area contributed by atoms with Gasteiger partial charge in [0.05, 0.1) is 18.5 Å². The number of pyridine rings is 1. The summed E-state index contributed by atoms with van der Waals surface area (Å²) in [7, 11) is 5.75. The summed E-state index contributed by atoms with van der Waals surface area (Å²) in [6.45, 7) is 1.89. The van der Waals surface area contributed by atoms with Crippen LogP contribution >= 0.6 is 11.8 Å². The molecule has 6 nitrogen and oxygen atoms in total. The Bertz CT molecular complexity index is 1260. The molecule has 204 valence electrons. The molecule has 3 atom stereocenters. The van der Waals surface area contributed by atoms with Crippen LogP contribution in [0.3, 0.4) is 0 Å². The first-order chi connectivity index (χ1) is 18.3. The second-order valence-corrected chi connectivity index (χ2v) is 11.2. The standard InChI is InChI=1S/C29H35F2N3O3S/c1-33(2)27(22-10-12-32-26-8-6-21(37-3)17-23(22)26)9-4-19-11-13-34(18-24(19)29(35)36)14-15-38-28-16-20(30)5-7-25(28)31/h5-8,10,12,16-17,19,24,27H,4,9,11,13-15,18H2,1-3H3,(H,35,36)/t19-,24+,27?/m1/s1. The van der Waals surface area contributed by atoms with Gasteiger partial charge in [-0.05, 0) is 93.8 Å². The summed E-state index contributed by atoms with van der Waals surface area (Å²) in [6.07, 6.45) is 4.24. The Balaban J connectivity index is 1.39. The van der Waals surface area contributed by atoms with Crippen LogP contribution in [0.2, 0.25) is 0 Å². The minimum atomic E-state index is -0.774. The maximum Gasteiger partial charge on any atom is 0.308 e. The molecule has 4 rings (SSSR count). The molecule has 0 spiro atoms. The average molecular weight is 544 g/mol. The number of likely N-dealkylation sites (tertiary alicyclic amines) is 1. The van der Waals surface area contributed by atoms with Crippen molar-refractivity contribution in [3.8, 4) is 5.75 Å². The van der Waals surface area contributed by atoms with E-state index in [4.69, 9.17) is 4.74 Å². The number of carbonyl (C=O) groups is 1. The Morgan fingerprint density at radius 2 is 2.05 bits per heavy atom. The molecule has 2 aromatic carbocycles. The molecule has 1 fully saturated rings. The second-order valence-electron chi connectivity index (χ2n) is 10.1. The molecule has 3 aromatic rings. The molecule has 2 heterocycles. The molecule has 1 aromatic heterocycles. The van der Waals surface area contributed by atoms with E-state index in [1.165, 1.54) is 17.8 Å². The first-order valence-electron chi connectivity index (χ1n) is 12.9. The van der Waals surface area contributed by atoms with E-state index in [9.17, 15) is 18.7 Å². The van der Waals surface area contributed by atoms with Gasteiger partial charge in [-0.15, -0.1) is 11.8 Å². The van der Waals surface area contributed by atoms with Crippen LogP contribution in [0, 0.1) is 23.5 Å². The molecule has 1 N–H and O–H groups in total. The molecule has 38 heavy (non-hydrogen) atoms. The smallest absolute Gasteiger partial charge is 0.308 e. The van der Waals surface area contributed by atoms with Crippen molar-refractivity contribution < 1.29 is 23.4 Å². The van der Waals surface area contributed by atoms with Crippen molar-refractivity contribution in [2.24, 2.45) is 11.8 Å². The number of carboxylic acid groups (broad SMARTS) is 1. The number of hydrogen-bond acceptors (Lipinski definition) is 6. The van der Waals surface area contributed by atoms with Crippen LogP contribution in [0.4, 0.5) is 8.78 Å². The van der Waals surface area contributed by atoms with Crippen LogP contribution in [0.5, 0.6) is 5.75 Å². The minimum absolute atomic E-state index is 0.0714. The van der Waals surface area contributed by atoms with Crippen LogP contribution < -0.4 is 4.74 Å². The highest BCUT2D eigenvalue weighted by Crippen LogP contribution is 2.36. The SMILES string of the molecule is COc1ccc2nccc(C(CC[C@@H]3CCN(CCSc4cc(F)ccc4F)C[C@@H]3C(=O)O)N(C)C)c2c1. The van der Waals surface area contributed by atoms with Gasteiger partial charge in [0.1, 0.15) is 17.4 Å². The maximum absolute atomic E-state index is 13.9. The van der Waals surface area contributed by atoms with Crippen molar-refractivity contribution in [2.45, 2.75) is 30.2 Å². The van der Waals surface area contributed by atoms with Gasteiger partial charge in [-0.2, -0.15) is 0 Å². The van der Waals surface area contributed by atoms with E-state index in [-0.39, 0.29) is 16.9 Å². The number of thioether (sulfide) groups is 1. The first-order valence-corrected chi connectivity index (χ1v) is 13.9. The molecule has 0 saturated carbocycles. The van der Waals surface area contributed by atoms with Crippen molar-refractivity contribution in [1.82, 2.24) is 14.8 Å². The lowest BCUT2D eigenvalue weighted by molar-refractivity contribution is -0.146. The van der Waals surface area contributed by atoms with E-state index in [1.807, 2.05) is 44.6 Å². The molecule has 1 saturated heterocycles. The van der Waals surface area contributed by atoms with Crippen molar-refractivity contribution in [1.29, 1.82) is 0 Å². The van der Waals surface area contributed by atoms with Crippen LogP contribution in [-0.4, -0.2) is 72.5 Å². The van der Waals surface area contributed by atoms with E-state index in [0.717, 1.165) is 60.2 Å². The maximum atomic E-state index is 13.9. The van der Waals surface area contributed by atoms with Crippen LogP contribution in [0.15, 0.2) is 53.6 Å². The van der Waals surface area contributed by atoms with Gasteiger partial charge < -0.3 is 19.6 Å². The fourth-order valence-electron chi connectivity index (χ4n) is 5.40. The summed E-state index contributed by atoms with van der Waals surface area (Å²) in [5.74, 6) is -0.715. The van der Waals surface area contributed by atoms with Gasteiger partial charge in [-0.3, -0.25) is 9.78 Å². The van der Waals surface area contributed by atoms with Gasteiger partial charge in [-0.1, -0.05) is 0 Å². The number of benzene rings is 2. The Morgan fingerprint density at radius 1 is 1.24 bits per heavy atom. The minimum Gasteiger partial charge on any atom is -0.497 e. The third-order valence-electron chi connectivity index (χ3n) is 7.49. The van der Waals surface area contributed by atoms with Crippen molar-refractivity contribution >= 4 is 28.6 Å². The fourth-order valence-corrected chi connectivity index (χ4v) is 6.37. The number of carboxylic acids is 1. The summed E-state index contributed by atoms with van der Waals surface area (Å²) in [5.41, 5.74) is 2.06. The average Bonchev–Trinajstić information content (AvgIpc) is 2.90. The third-order valence-corrected chi connectivity index (χ3v) is 8.50. The molecule has 0 bridgehead atoms. The molecular formula is C29H35F2N3O3S. The number of ether oxygens (including phenoxy) is 1. The van der Waals surface area contributed by atoms with E-state index in [0.29, 0.717) is 18.8 Å². The highest BCUT2D eigenvalue weighted by molar-refractivity contribution is 7.99. The summed E-state index contributed by atoms with van der Waals surface area (Å²) < 4.78 is 32.8. The van der Waals surface area contributed by atoms with Crippen LogP contribution in [0.25, 0.3) is 10.9 Å². The molecule has 0 radical (unpaired) electrons. The number of rotatable bonds is 11. The molecular weight excluding hydrogens is 508 g/mol. The number of aromatic nitrogens is 1. The zero-order valence-electron chi connectivity index (χ0n) is 22.1. The van der Waals surface area contributed by atoms with E-state index in [1.54, 1.807) is 7.11 Å². The largest absolute Gasteiger partial charge is 0.497 e. The zero-order chi connectivity index (χ0) is 27.2. The Morgan fingerprint density at radius 3 is 2.79 bits per heavy atom. The molecule has 9 heteroatoms. The Labute approximate surface area is 227 Å². The zero-order valence-corrected chi connectivity index (χ0v) is 22.9. The number of aliphatic carboxylic acids is 1. The predicted octanol–water partition coefficient (Wildman–Crippen LogP) is 5.72. The van der Waals surface area contributed by atoms with Crippen LogP contribution in [-0.2, 0) is 4.79 Å². The molecule has 1 aliphatic heterocycles. The van der Waals surface area contributed by atoms with Crippen molar-refractivity contribution in [3.05, 3.63) is 65.9 Å². The number of halogens is 2. The number of piperidine rings is 1. The van der Waals surface area contributed by atoms with Crippen molar-refractivity contribution in [2.75, 3.05) is 46.6 Å². The van der Waals surface area contributed by atoms with Gasteiger partial charge in [0.25, 0.3) is 0 Å². The summed E-state index contributed by atoms with van der Waals surface area (Å²) >= 11 is 1.26. The predicted molar refractivity (Wildman–Crippen MR) is 147 cm³/mol. The summed E-state index contributed by atoms with van der Waals surface area (Å²) in [6, 6.07) is 11.5. The summed E-state index contributed by atoms with van der Waals surface area (Å²) in [5, 5.41) is 11.1. The van der Waals surface area contributed by atoms with E-state index >= 15 is 0 Å². The fraction of sp³-hybridized carbons (Fsp3) is 0.448. The lowest BCUT2D eigenvalue weighted by Gasteiger charge is -2.37. The Kier molecular flexibility index (Phi) is 9.57. The van der Waals surface area contributed by atoms with Gasteiger partial charge in [0.15, 0.2) is 0 Å². The quantitative estimate of drug-likeness (QED) is 0.310. The second kappa shape index (κ2) is 12.9. The lowest BCUT2D eigenvalue weighted by atomic mass is 9.80. The van der Waals surface area contributed by atoms with E-state index in [2.05, 4.69) is 14.8 Å². The van der Waals surface area contributed by atoms with Gasteiger partial charge in [0, 0.05) is 41.4 Å². The highest BCUT2D eigenvalue weighted by Gasteiger charge is 2.34. The number of nitrogens with zero attached hydrogens (tertiary/aromatic N) is 3. The molecule has 0 aliphatic carbocycles. The first kappa shape index (κ1) is 28.3. The normalized spacial score (nSPS) is 19.1. The van der Waals surface area contributed by atoms with Crippen LogP contribution in [0.1, 0.15) is 30.9 Å². The Hall–Kier alpha value is -2.75. The third kappa shape index (κ3) is 6.81. The van der Waals surface area contributed by atoms with Gasteiger partial charge in [-0.25, -0.2) is 8.78 Å². The number of methoxy groups -OCH3 is 1. The van der Waals surface area contributed by atoms with Crippen molar-refractivity contribution in [3.63, 3.8) is 0 Å². The molecule has 1 unspecified atom stereocenters. The summed E-state index contributed by atoms with van der Waals surface area (Å²) in [4.78, 5) is 21.3. The highest BCUT2D eigenvalue weighted by atomic mass is 32.2. The molecule has 0 amide bonds. The van der Waals surface area contributed by atoms with E-state index < -0.39 is 23.5 Å². The number of fused-ring (bicyclic) bond motifs is 1. The lowest BCUT2D eigenvalue weighted by Crippen LogP contribution is -2.44. The molecule has 1 aliphatic rings.